The molecule has 0 saturated heterocycles. The van der Waals surface area contributed by atoms with Crippen molar-refractivity contribution < 1.29 is 14.6 Å². The van der Waals surface area contributed by atoms with Gasteiger partial charge in [-0.15, -0.1) is 11.3 Å². The first-order valence-corrected chi connectivity index (χ1v) is 7.06. The lowest BCUT2D eigenvalue weighted by atomic mass is 10.1. The zero-order chi connectivity index (χ0) is 13.8. The van der Waals surface area contributed by atoms with E-state index in [0.29, 0.717) is 0 Å². The summed E-state index contributed by atoms with van der Waals surface area (Å²) in [4.78, 5) is 0.819. The summed E-state index contributed by atoms with van der Waals surface area (Å²) in [6, 6.07) is 9.36. The number of thiophene rings is 1. The van der Waals surface area contributed by atoms with Gasteiger partial charge in [0.1, 0.15) is 17.6 Å². The molecule has 0 aliphatic rings. The van der Waals surface area contributed by atoms with Crippen molar-refractivity contribution >= 4 is 11.3 Å². The van der Waals surface area contributed by atoms with E-state index >= 15 is 0 Å². The van der Waals surface area contributed by atoms with Gasteiger partial charge in [-0.25, -0.2) is 0 Å². The lowest BCUT2D eigenvalue weighted by Gasteiger charge is -2.13. The molecule has 2 aromatic rings. The van der Waals surface area contributed by atoms with Crippen molar-refractivity contribution in [3.8, 4) is 11.5 Å². The van der Waals surface area contributed by atoms with Crippen molar-refractivity contribution in [2.24, 2.45) is 0 Å². The molecule has 4 heteroatoms. The molecule has 2 rings (SSSR count). The third-order valence-corrected chi connectivity index (χ3v) is 3.64. The maximum atomic E-state index is 10.4. The quantitative estimate of drug-likeness (QED) is 0.907. The molecule has 0 aliphatic heterocycles. The Morgan fingerprint density at radius 1 is 1.11 bits per heavy atom. The molecule has 0 bridgehead atoms. The molecule has 0 radical (unpaired) electrons. The number of aliphatic hydroxyl groups excluding tert-OH is 1. The lowest BCUT2D eigenvalue weighted by molar-refractivity contribution is 0.218. The van der Waals surface area contributed by atoms with Gasteiger partial charge in [-0.05, 0) is 43.0 Å². The molecule has 0 amide bonds. The molecule has 0 saturated carbocycles. The zero-order valence-corrected chi connectivity index (χ0v) is 12.1. The van der Waals surface area contributed by atoms with Crippen LogP contribution < -0.4 is 9.47 Å². The third kappa shape index (κ3) is 3.28. The highest BCUT2D eigenvalue weighted by molar-refractivity contribution is 7.10. The average Bonchev–Trinajstić information content (AvgIpc) is 2.86. The largest absolute Gasteiger partial charge is 0.495 e. The fourth-order valence-corrected chi connectivity index (χ4v) is 2.70. The van der Waals surface area contributed by atoms with Gasteiger partial charge < -0.3 is 14.6 Å². The number of aliphatic hydroxyl groups is 1. The topological polar surface area (TPSA) is 38.7 Å². The van der Waals surface area contributed by atoms with Crippen molar-refractivity contribution in [2.45, 2.75) is 26.1 Å². The first-order chi connectivity index (χ1) is 9.11. The molecular formula is C15H18O3S. The second kappa shape index (κ2) is 6.08. The van der Waals surface area contributed by atoms with Gasteiger partial charge in [0.15, 0.2) is 0 Å². The number of hydrogen-bond acceptors (Lipinski definition) is 4. The first kappa shape index (κ1) is 13.9. The van der Waals surface area contributed by atoms with Crippen molar-refractivity contribution in [2.75, 3.05) is 7.11 Å². The van der Waals surface area contributed by atoms with Crippen molar-refractivity contribution in [3.05, 3.63) is 46.2 Å². The van der Waals surface area contributed by atoms with Crippen molar-refractivity contribution in [3.63, 3.8) is 0 Å². The lowest BCUT2D eigenvalue weighted by Crippen LogP contribution is -2.05. The minimum atomic E-state index is -0.664. The van der Waals surface area contributed by atoms with Gasteiger partial charge in [-0.3, -0.25) is 0 Å². The molecule has 0 fully saturated rings. The van der Waals surface area contributed by atoms with Gasteiger partial charge in [0.05, 0.1) is 18.1 Å². The molecule has 19 heavy (non-hydrogen) atoms. The van der Waals surface area contributed by atoms with E-state index in [0.717, 1.165) is 21.9 Å². The van der Waals surface area contributed by atoms with Crippen LogP contribution in [0.25, 0.3) is 0 Å². The van der Waals surface area contributed by atoms with Crippen LogP contribution in [0.4, 0.5) is 0 Å². The fourth-order valence-electron chi connectivity index (χ4n) is 1.83. The molecule has 0 spiro atoms. The molecule has 1 unspecified atom stereocenters. The van der Waals surface area contributed by atoms with E-state index in [-0.39, 0.29) is 6.10 Å². The predicted octanol–water partition coefficient (Wildman–Crippen LogP) is 3.63. The summed E-state index contributed by atoms with van der Waals surface area (Å²) in [5.41, 5.74) is 0.830. The second-order valence-electron chi connectivity index (χ2n) is 4.49. The maximum absolute atomic E-state index is 10.4. The Bertz CT molecular complexity index is 516. The van der Waals surface area contributed by atoms with Gasteiger partial charge in [0.25, 0.3) is 0 Å². The molecule has 102 valence electrons. The number of hydrogen-bond donors (Lipinski definition) is 1. The Morgan fingerprint density at radius 3 is 2.37 bits per heavy atom. The highest BCUT2D eigenvalue weighted by atomic mass is 32.1. The Morgan fingerprint density at radius 2 is 1.79 bits per heavy atom. The normalized spacial score (nSPS) is 12.5. The molecule has 1 aromatic heterocycles. The fraction of sp³-hybridized carbons (Fsp3) is 0.333. The molecule has 1 N–H and O–H groups in total. The minimum Gasteiger partial charge on any atom is -0.495 e. The molecule has 3 nitrogen and oxygen atoms in total. The Balaban J connectivity index is 2.18. The van der Waals surface area contributed by atoms with Crippen LogP contribution in [0.2, 0.25) is 0 Å². The Hall–Kier alpha value is -1.52. The van der Waals surface area contributed by atoms with Gasteiger partial charge in [-0.1, -0.05) is 12.1 Å². The monoisotopic (exact) mass is 278 g/mol. The van der Waals surface area contributed by atoms with E-state index in [1.165, 1.54) is 11.3 Å². The summed E-state index contributed by atoms with van der Waals surface area (Å²) in [7, 11) is 1.61. The maximum Gasteiger partial charge on any atom is 0.135 e. The Labute approximate surface area is 117 Å². The molecule has 1 atom stereocenters. The van der Waals surface area contributed by atoms with Crippen LogP contribution in [0.5, 0.6) is 11.5 Å². The van der Waals surface area contributed by atoms with Crippen molar-refractivity contribution in [1.82, 2.24) is 0 Å². The molecule has 1 aromatic carbocycles. The van der Waals surface area contributed by atoms with Crippen LogP contribution in [0.15, 0.2) is 35.7 Å². The van der Waals surface area contributed by atoms with Crippen LogP contribution in [0, 0.1) is 0 Å². The van der Waals surface area contributed by atoms with E-state index in [4.69, 9.17) is 9.47 Å². The van der Waals surface area contributed by atoms with E-state index in [9.17, 15) is 5.11 Å². The van der Waals surface area contributed by atoms with E-state index in [1.807, 2.05) is 49.6 Å². The van der Waals surface area contributed by atoms with Crippen LogP contribution >= 0.6 is 11.3 Å². The van der Waals surface area contributed by atoms with Crippen molar-refractivity contribution in [1.29, 1.82) is 0 Å². The summed E-state index contributed by atoms with van der Waals surface area (Å²) < 4.78 is 10.8. The number of methoxy groups -OCH3 is 1. The molecule has 0 aliphatic carbocycles. The summed E-state index contributed by atoms with van der Waals surface area (Å²) in [6.07, 6.45) is -0.517. The first-order valence-electron chi connectivity index (χ1n) is 6.18. The summed E-state index contributed by atoms with van der Waals surface area (Å²) in [5.74, 6) is 1.53. The Kier molecular flexibility index (Phi) is 4.45. The van der Waals surface area contributed by atoms with Gasteiger partial charge >= 0.3 is 0 Å². The van der Waals surface area contributed by atoms with Crippen LogP contribution in [-0.2, 0) is 0 Å². The second-order valence-corrected chi connectivity index (χ2v) is 5.44. The van der Waals surface area contributed by atoms with Crippen LogP contribution in [0.1, 0.15) is 30.4 Å². The number of benzene rings is 1. The van der Waals surface area contributed by atoms with Crippen LogP contribution in [0.3, 0.4) is 0 Å². The van der Waals surface area contributed by atoms with E-state index in [2.05, 4.69) is 0 Å². The van der Waals surface area contributed by atoms with Gasteiger partial charge in [0.2, 0.25) is 0 Å². The van der Waals surface area contributed by atoms with Gasteiger partial charge in [0, 0.05) is 0 Å². The minimum absolute atomic E-state index is 0.146. The van der Waals surface area contributed by atoms with E-state index in [1.54, 1.807) is 7.11 Å². The molecular weight excluding hydrogens is 260 g/mol. The van der Waals surface area contributed by atoms with Gasteiger partial charge in [-0.2, -0.15) is 0 Å². The standard InChI is InChI=1S/C15H18O3S/c1-10(2)18-12-6-4-11(5-7-12)14(16)15-13(17-3)8-9-19-15/h4-10,14,16H,1-3H3. The summed E-state index contributed by atoms with van der Waals surface area (Å²) in [6.45, 7) is 3.97. The highest BCUT2D eigenvalue weighted by Gasteiger charge is 2.16. The molecule has 1 heterocycles. The summed E-state index contributed by atoms with van der Waals surface area (Å²) >= 11 is 1.49. The number of rotatable bonds is 5. The van der Waals surface area contributed by atoms with E-state index < -0.39 is 6.10 Å². The average molecular weight is 278 g/mol. The smallest absolute Gasteiger partial charge is 0.135 e. The van der Waals surface area contributed by atoms with Crippen LogP contribution in [-0.4, -0.2) is 18.3 Å². The number of ether oxygens (including phenoxy) is 2. The third-order valence-electron chi connectivity index (χ3n) is 2.69. The predicted molar refractivity (Wildman–Crippen MR) is 77.1 cm³/mol. The summed E-state index contributed by atoms with van der Waals surface area (Å²) in [5, 5.41) is 12.3. The zero-order valence-electron chi connectivity index (χ0n) is 11.3. The SMILES string of the molecule is COc1ccsc1C(O)c1ccc(OC(C)C)cc1. The highest BCUT2D eigenvalue weighted by Crippen LogP contribution is 2.35.